The van der Waals surface area contributed by atoms with Gasteiger partial charge in [-0.25, -0.2) is 13.1 Å². The minimum absolute atomic E-state index is 0.162. The van der Waals surface area contributed by atoms with E-state index in [2.05, 4.69) is 36.4 Å². The summed E-state index contributed by atoms with van der Waals surface area (Å²) in [7, 11) is -3.80. The van der Waals surface area contributed by atoms with Gasteiger partial charge in [0.2, 0.25) is 15.9 Å². The van der Waals surface area contributed by atoms with Crippen LogP contribution in [0.4, 0.5) is 0 Å². The molecular formula is C20H31N5O3S. The maximum atomic E-state index is 13.4. The highest BCUT2D eigenvalue weighted by Crippen LogP contribution is 2.27. The summed E-state index contributed by atoms with van der Waals surface area (Å²) in [6, 6.07) is 4.24. The van der Waals surface area contributed by atoms with Gasteiger partial charge in [0, 0.05) is 19.6 Å². The Kier molecular flexibility index (Phi) is 6.89. The molecule has 2 aromatic rings. The molecule has 1 N–H and O–H groups in total. The lowest BCUT2D eigenvalue weighted by molar-refractivity contribution is -0.125. The fourth-order valence-electron chi connectivity index (χ4n) is 3.68. The van der Waals surface area contributed by atoms with E-state index in [4.69, 9.17) is 0 Å². The summed E-state index contributed by atoms with van der Waals surface area (Å²) >= 11 is 0. The minimum atomic E-state index is -3.80. The lowest BCUT2D eigenvalue weighted by atomic mass is 10.0. The zero-order chi connectivity index (χ0) is 21.0. The summed E-state index contributed by atoms with van der Waals surface area (Å²) in [4.78, 5) is 12.9. The molecule has 1 unspecified atom stereocenters. The zero-order valence-corrected chi connectivity index (χ0v) is 18.3. The highest BCUT2D eigenvalue weighted by Gasteiger charge is 2.37. The van der Waals surface area contributed by atoms with E-state index in [0.717, 1.165) is 37.7 Å². The van der Waals surface area contributed by atoms with Gasteiger partial charge in [-0.1, -0.05) is 32.4 Å². The predicted octanol–water partition coefficient (Wildman–Crippen LogP) is 2.55. The van der Waals surface area contributed by atoms with E-state index in [1.807, 2.05) is 0 Å². The Bertz CT molecular complexity index is 954. The van der Waals surface area contributed by atoms with E-state index in [-0.39, 0.29) is 10.8 Å². The number of fused-ring (bicyclic) bond motifs is 1. The first-order chi connectivity index (χ1) is 13.8. The van der Waals surface area contributed by atoms with Crippen molar-refractivity contribution in [3.63, 3.8) is 0 Å². The normalized spacial score (nSPS) is 18.4. The van der Waals surface area contributed by atoms with Crippen LogP contribution in [0.15, 0.2) is 23.1 Å². The molecule has 1 saturated heterocycles. The molecule has 0 saturated carbocycles. The smallest absolute Gasteiger partial charge is 0.243 e. The van der Waals surface area contributed by atoms with E-state index in [1.54, 1.807) is 22.9 Å². The Labute approximate surface area is 172 Å². The van der Waals surface area contributed by atoms with Crippen molar-refractivity contribution in [2.24, 2.45) is 5.92 Å². The van der Waals surface area contributed by atoms with Crippen LogP contribution >= 0.6 is 0 Å². The molecule has 8 nitrogen and oxygen atoms in total. The number of aromatic nitrogens is 3. The van der Waals surface area contributed by atoms with Gasteiger partial charge in [-0.3, -0.25) is 4.79 Å². The third-order valence-corrected chi connectivity index (χ3v) is 7.21. The van der Waals surface area contributed by atoms with Crippen molar-refractivity contribution in [2.45, 2.75) is 70.4 Å². The lowest BCUT2D eigenvalue weighted by Crippen LogP contribution is -2.52. The first kappa shape index (κ1) is 21.7. The number of hydrogen-bond donors (Lipinski definition) is 1. The number of rotatable bonds is 8. The Morgan fingerprint density at radius 2 is 2.10 bits per heavy atom. The van der Waals surface area contributed by atoms with Crippen molar-refractivity contribution >= 4 is 27.0 Å². The first-order valence-corrected chi connectivity index (χ1v) is 11.9. The minimum Gasteiger partial charge on any atom is -0.355 e. The number of piperidine rings is 1. The molecule has 160 valence electrons. The van der Waals surface area contributed by atoms with Gasteiger partial charge in [0.15, 0.2) is 0 Å². The number of carbonyl (C=O) groups excluding carboxylic acids is 1. The second kappa shape index (κ2) is 9.21. The van der Waals surface area contributed by atoms with Crippen LogP contribution in [0, 0.1) is 5.92 Å². The topological polar surface area (TPSA) is 97.2 Å². The van der Waals surface area contributed by atoms with Crippen LogP contribution in [-0.2, 0) is 21.4 Å². The van der Waals surface area contributed by atoms with Crippen LogP contribution in [-0.4, -0.2) is 52.8 Å². The summed E-state index contributed by atoms with van der Waals surface area (Å²) in [5.74, 6) is 0.276. The van der Waals surface area contributed by atoms with E-state index in [1.165, 1.54) is 4.31 Å². The first-order valence-electron chi connectivity index (χ1n) is 10.5. The molecule has 1 aliphatic heterocycles. The van der Waals surface area contributed by atoms with Crippen molar-refractivity contribution in [1.82, 2.24) is 24.6 Å². The van der Waals surface area contributed by atoms with Crippen LogP contribution in [0.5, 0.6) is 0 Å². The Balaban J connectivity index is 1.83. The molecule has 1 atom stereocenters. The summed E-state index contributed by atoms with van der Waals surface area (Å²) in [6.45, 7) is 7.88. The standard InChI is InChI=1S/C20H31N5O3S/c1-4-12-24-18-9-8-16(14-17(18)22-23-24)29(27,28)25-13-6-5-7-19(25)20(26)21-11-10-15(2)3/h8-9,14-15,19H,4-7,10-13H2,1-3H3,(H,21,26). The molecule has 1 fully saturated rings. The van der Waals surface area contributed by atoms with E-state index in [0.29, 0.717) is 30.9 Å². The van der Waals surface area contributed by atoms with Crippen molar-refractivity contribution < 1.29 is 13.2 Å². The van der Waals surface area contributed by atoms with Crippen LogP contribution in [0.3, 0.4) is 0 Å². The van der Waals surface area contributed by atoms with E-state index >= 15 is 0 Å². The largest absolute Gasteiger partial charge is 0.355 e. The molecule has 29 heavy (non-hydrogen) atoms. The molecule has 2 heterocycles. The zero-order valence-electron chi connectivity index (χ0n) is 17.5. The Morgan fingerprint density at radius 3 is 2.83 bits per heavy atom. The number of carbonyl (C=O) groups is 1. The SMILES string of the molecule is CCCn1nnc2cc(S(=O)(=O)N3CCCCC3C(=O)NCCC(C)C)ccc21. The molecule has 1 aliphatic rings. The number of sulfonamides is 1. The van der Waals surface area contributed by atoms with Gasteiger partial charge < -0.3 is 5.32 Å². The highest BCUT2D eigenvalue weighted by molar-refractivity contribution is 7.89. The molecule has 1 amide bonds. The van der Waals surface area contributed by atoms with Crippen LogP contribution in [0.1, 0.15) is 52.9 Å². The number of aryl methyl sites for hydroxylation is 1. The quantitative estimate of drug-likeness (QED) is 0.706. The number of nitrogens with one attached hydrogen (secondary N) is 1. The Hall–Kier alpha value is -2.00. The summed E-state index contributed by atoms with van der Waals surface area (Å²) in [5, 5.41) is 11.1. The van der Waals surface area contributed by atoms with E-state index < -0.39 is 16.1 Å². The van der Waals surface area contributed by atoms with E-state index in [9.17, 15) is 13.2 Å². The fraction of sp³-hybridized carbons (Fsp3) is 0.650. The third-order valence-electron chi connectivity index (χ3n) is 5.30. The van der Waals surface area contributed by atoms with Crippen molar-refractivity contribution in [2.75, 3.05) is 13.1 Å². The van der Waals surface area contributed by atoms with Gasteiger partial charge in [-0.15, -0.1) is 5.10 Å². The Morgan fingerprint density at radius 1 is 1.31 bits per heavy atom. The second-order valence-corrected chi connectivity index (χ2v) is 9.95. The van der Waals surface area contributed by atoms with Gasteiger partial charge in [0.25, 0.3) is 0 Å². The average molecular weight is 422 g/mol. The molecule has 9 heteroatoms. The molecule has 1 aromatic carbocycles. The molecule has 1 aromatic heterocycles. The van der Waals surface area contributed by atoms with Crippen molar-refractivity contribution in [3.05, 3.63) is 18.2 Å². The van der Waals surface area contributed by atoms with Gasteiger partial charge in [-0.05, 0) is 49.8 Å². The molecule has 0 spiro atoms. The van der Waals surface area contributed by atoms with Gasteiger partial charge in [0.1, 0.15) is 11.6 Å². The fourth-order valence-corrected chi connectivity index (χ4v) is 5.36. The number of nitrogens with zero attached hydrogens (tertiary/aromatic N) is 4. The summed E-state index contributed by atoms with van der Waals surface area (Å²) < 4.78 is 29.8. The highest BCUT2D eigenvalue weighted by atomic mass is 32.2. The second-order valence-electron chi connectivity index (χ2n) is 8.06. The molecule has 3 rings (SSSR count). The molecule has 0 radical (unpaired) electrons. The molecule has 0 aliphatic carbocycles. The average Bonchev–Trinajstić information content (AvgIpc) is 3.10. The predicted molar refractivity (Wildman–Crippen MR) is 112 cm³/mol. The van der Waals surface area contributed by atoms with Gasteiger partial charge in [-0.2, -0.15) is 4.31 Å². The van der Waals surface area contributed by atoms with Gasteiger partial charge in [0.05, 0.1) is 10.4 Å². The monoisotopic (exact) mass is 421 g/mol. The lowest BCUT2D eigenvalue weighted by Gasteiger charge is -2.33. The number of hydrogen-bond acceptors (Lipinski definition) is 5. The van der Waals surface area contributed by atoms with Crippen LogP contribution in [0.25, 0.3) is 11.0 Å². The summed E-state index contributed by atoms with van der Waals surface area (Å²) in [6.07, 6.45) is 3.93. The third kappa shape index (κ3) is 4.78. The van der Waals surface area contributed by atoms with Gasteiger partial charge >= 0.3 is 0 Å². The van der Waals surface area contributed by atoms with Crippen LogP contribution in [0.2, 0.25) is 0 Å². The molecular weight excluding hydrogens is 390 g/mol. The summed E-state index contributed by atoms with van der Waals surface area (Å²) in [5.41, 5.74) is 1.36. The maximum Gasteiger partial charge on any atom is 0.243 e. The molecule has 0 bridgehead atoms. The van der Waals surface area contributed by atoms with Crippen molar-refractivity contribution in [3.8, 4) is 0 Å². The maximum absolute atomic E-state index is 13.4. The number of amides is 1. The van der Waals surface area contributed by atoms with Crippen molar-refractivity contribution in [1.29, 1.82) is 0 Å². The number of benzene rings is 1. The van der Waals surface area contributed by atoms with Crippen LogP contribution < -0.4 is 5.32 Å².